The van der Waals surface area contributed by atoms with Crippen LogP contribution in [0.5, 0.6) is 0 Å². The Balaban J connectivity index is 2.63. The van der Waals surface area contributed by atoms with Crippen molar-refractivity contribution in [2.24, 2.45) is 0 Å². The van der Waals surface area contributed by atoms with Crippen LogP contribution in [-0.2, 0) is 9.53 Å². The molecule has 0 bridgehead atoms. The summed E-state index contributed by atoms with van der Waals surface area (Å²) in [7, 11) is 0. The van der Waals surface area contributed by atoms with Gasteiger partial charge < -0.3 is 15.2 Å². The lowest BCUT2D eigenvalue weighted by Crippen LogP contribution is -2.52. The van der Waals surface area contributed by atoms with E-state index >= 15 is 0 Å². The zero-order valence-electron chi connectivity index (χ0n) is 10.2. The van der Waals surface area contributed by atoms with Crippen LogP contribution in [0.4, 0.5) is 9.18 Å². The molecule has 17 heavy (non-hydrogen) atoms. The summed E-state index contributed by atoms with van der Waals surface area (Å²) >= 11 is 0. The summed E-state index contributed by atoms with van der Waals surface area (Å²) in [6.07, 6.45) is -0.124. The van der Waals surface area contributed by atoms with Crippen molar-refractivity contribution in [2.75, 3.05) is 0 Å². The molecule has 98 valence electrons. The summed E-state index contributed by atoms with van der Waals surface area (Å²) in [5.74, 6) is -1.53. The highest BCUT2D eigenvalue weighted by Gasteiger charge is 2.51. The van der Waals surface area contributed by atoms with Crippen molar-refractivity contribution in [3.8, 4) is 0 Å². The Kier molecular flexibility index (Phi) is 3.64. The smallest absolute Gasteiger partial charge is 0.407 e. The standard InChI is InChI=1S/C11H18FNO4/c1-10(2,3)17-9(16)13-7-5-4-6-11(7,12)8(14)15/h7H,4-6H2,1-3H3,(H,13,16)(H,14,15). The number of nitrogens with one attached hydrogen (secondary N) is 1. The molecule has 0 aromatic heterocycles. The largest absolute Gasteiger partial charge is 0.479 e. The second kappa shape index (κ2) is 4.50. The number of carbonyl (C=O) groups is 2. The molecule has 1 aliphatic rings. The molecule has 0 aromatic rings. The molecule has 0 spiro atoms. The quantitative estimate of drug-likeness (QED) is 0.780. The molecule has 5 nitrogen and oxygen atoms in total. The minimum absolute atomic E-state index is 0.0806. The zero-order chi connectivity index (χ0) is 13.3. The van der Waals surface area contributed by atoms with Gasteiger partial charge >= 0.3 is 12.1 Å². The van der Waals surface area contributed by atoms with Crippen molar-refractivity contribution in [1.82, 2.24) is 5.32 Å². The van der Waals surface area contributed by atoms with E-state index in [0.29, 0.717) is 12.8 Å². The van der Waals surface area contributed by atoms with Gasteiger partial charge in [-0.05, 0) is 40.0 Å². The van der Waals surface area contributed by atoms with Gasteiger partial charge in [-0.25, -0.2) is 14.0 Å². The van der Waals surface area contributed by atoms with E-state index in [9.17, 15) is 14.0 Å². The SMILES string of the molecule is CC(C)(C)OC(=O)NC1CCCC1(F)C(=O)O. The fourth-order valence-corrected chi connectivity index (χ4v) is 1.86. The first-order valence-electron chi connectivity index (χ1n) is 5.57. The van der Waals surface area contributed by atoms with E-state index in [1.165, 1.54) is 0 Å². The van der Waals surface area contributed by atoms with E-state index in [0.717, 1.165) is 0 Å². The van der Waals surface area contributed by atoms with Crippen molar-refractivity contribution in [2.45, 2.75) is 57.3 Å². The number of halogens is 1. The van der Waals surface area contributed by atoms with Gasteiger partial charge in [0.05, 0.1) is 6.04 Å². The number of aliphatic carboxylic acids is 1. The lowest BCUT2D eigenvalue weighted by atomic mass is 10.0. The highest BCUT2D eigenvalue weighted by molar-refractivity contribution is 5.80. The lowest BCUT2D eigenvalue weighted by Gasteiger charge is -2.26. The number of alkyl carbamates (subject to hydrolysis) is 1. The number of carboxylic acids is 1. The van der Waals surface area contributed by atoms with Crippen LogP contribution in [0, 0.1) is 0 Å². The van der Waals surface area contributed by atoms with Crippen LogP contribution in [0.1, 0.15) is 40.0 Å². The van der Waals surface area contributed by atoms with E-state index in [-0.39, 0.29) is 6.42 Å². The topological polar surface area (TPSA) is 75.6 Å². The maximum absolute atomic E-state index is 14.0. The van der Waals surface area contributed by atoms with Crippen LogP contribution in [-0.4, -0.2) is 34.5 Å². The average Bonchev–Trinajstić information content (AvgIpc) is 2.45. The van der Waals surface area contributed by atoms with E-state index < -0.39 is 29.4 Å². The third-order valence-electron chi connectivity index (χ3n) is 2.63. The molecule has 1 rings (SSSR count). The molecule has 2 unspecified atom stereocenters. The summed E-state index contributed by atoms with van der Waals surface area (Å²) in [6, 6.07) is -1.02. The van der Waals surface area contributed by atoms with Gasteiger partial charge in [-0.15, -0.1) is 0 Å². The Hall–Kier alpha value is -1.33. The fraction of sp³-hybridized carbons (Fsp3) is 0.818. The predicted molar refractivity (Wildman–Crippen MR) is 58.5 cm³/mol. The molecule has 1 fully saturated rings. The number of rotatable bonds is 2. The number of hydrogen-bond acceptors (Lipinski definition) is 3. The van der Waals surface area contributed by atoms with Crippen molar-refractivity contribution in [3.63, 3.8) is 0 Å². The second-order valence-electron chi connectivity index (χ2n) is 5.26. The van der Waals surface area contributed by atoms with Crippen LogP contribution < -0.4 is 5.32 Å². The van der Waals surface area contributed by atoms with Gasteiger partial charge in [0.25, 0.3) is 0 Å². The summed E-state index contributed by atoms with van der Waals surface area (Å²) in [5, 5.41) is 11.1. The van der Waals surface area contributed by atoms with Gasteiger partial charge in [0.2, 0.25) is 5.67 Å². The van der Waals surface area contributed by atoms with Crippen molar-refractivity contribution in [3.05, 3.63) is 0 Å². The van der Waals surface area contributed by atoms with Gasteiger partial charge in [0.15, 0.2) is 0 Å². The summed E-state index contributed by atoms with van der Waals surface area (Å²) < 4.78 is 19.0. The van der Waals surface area contributed by atoms with Gasteiger partial charge in [0.1, 0.15) is 5.60 Å². The zero-order valence-corrected chi connectivity index (χ0v) is 10.2. The highest BCUT2D eigenvalue weighted by atomic mass is 19.1. The van der Waals surface area contributed by atoms with Crippen LogP contribution in [0.2, 0.25) is 0 Å². The summed E-state index contributed by atoms with van der Waals surface area (Å²) in [5.41, 5.74) is -3.07. The Morgan fingerprint density at radius 2 is 2.06 bits per heavy atom. The molecule has 0 heterocycles. The van der Waals surface area contributed by atoms with Gasteiger partial charge in [0, 0.05) is 0 Å². The van der Waals surface area contributed by atoms with Crippen LogP contribution in [0.3, 0.4) is 0 Å². The van der Waals surface area contributed by atoms with E-state index in [1.54, 1.807) is 20.8 Å². The Morgan fingerprint density at radius 3 is 2.53 bits per heavy atom. The second-order valence-corrected chi connectivity index (χ2v) is 5.26. The molecular weight excluding hydrogens is 229 g/mol. The molecule has 0 radical (unpaired) electrons. The van der Waals surface area contributed by atoms with E-state index in [4.69, 9.17) is 9.84 Å². The minimum atomic E-state index is -2.38. The van der Waals surface area contributed by atoms with E-state index in [2.05, 4.69) is 5.32 Å². The number of hydrogen-bond donors (Lipinski definition) is 2. The first-order valence-corrected chi connectivity index (χ1v) is 5.57. The number of ether oxygens (including phenoxy) is 1. The molecule has 1 amide bonds. The number of carbonyl (C=O) groups excluding carboxylic acids is 1. The van der Waals surface area contributed by atoms with Crippen LogP contribution in [0.15, 0.2) is 0 Å². The van der Waals surface area contributed by atoms with Gasteiger partial charge in [-0.3, -0.25) is 0 Å². The fourth-order valence-electron chi connectivity index (χ4n) is 1.86. The molecule has 2 N–H and O–H groups in total. The molecule has 6 heteroatoms. The lowest BCUT2D eigenvalue weighted by molar-refractivity contribution is -0.151. The van der Waals surface area contributed by atoms with Gasteiger partial charge in [-0.2, -0.15) is 0 Å². The first kappa shape index (κ1) is 13.7. The monoisotopic (exact) mass is 247 g/mol. The Bertz CT molecular complexity index is 326. The van der Waals surface area contributed by atoms with E-state index in [1.807, 2.05) is 0 Å². The number of carboxylic acid groups (broad SMARTS) is 1. The summed E-state index contributed by atoms with van der Waals surface area (Å²) in [6.45, 7) is 5.05. The third-order valence-corrected chi connectivity index (χ3v) is 2.63. The van der Waals surface area contributed by atoms with Crippen LogP contribution >= 0.6 is 0 Å². The maximum Gasteiger partial charge on any atom is 0.407 e. The number of amides is 1. The molecule has 0 aliphatic heterocycles. The average molecular weight is 247 g/mol. The molecule has 1 aliphatic carbocycles. The third kappa shape index (κ3) is 3.31. The Labute approximate surface area is 99.3 Å². The molecule has 0 saturated heterocycles. The number of alkyl halides is 1. The van der Waals surface area contributed by atoms with Crippen molar-refractivity contribution in [1.29, 1.82) is 0 Å². The Morgan fingerprint density at radius 1 is 1.47 bits per heavy atom. The molecular formula is C11H18FNO4. The molecule has 2 atom stereocenters. The summed E-state index contributed by atoms with van der Waals surface area (Å²) in [4.78, 5) is 22.3. The van der Waals surface area contributed by atoms with Crippen molar-refractivity contribution >= 4 is 12.1 Å². The van der Waals surface area contributed by atoms with Crippen LogP contribution in [0.25, 0.3) is 0 Å². The highest BCUT2D eigenvalue weighted by Crippen LogP contribution is 2.34. The molecule has 0 aromatic carbocycles. The maximum atomic E-state index is 14.0. The minimum Gasteiger partial charge on any atom is -0.479 e. The first-order chi connectivity index (χ1) is 7.65. The normalized spacial score (nSPS) is 28.8. The van der Waals surface area contributed by atoms with Crippen molar-refractivity contribution < 1.29 is 23.8 Å². The molecule has 1 saturated carbocycles. The van der Waals surface area contributed by atoms with Gasteiger partial charge in [-0.1, -0.05) is 0 Å². The predicted octanol–water partition coefficient (Wildman–Crippen LogP) is 1.86.